The summed E-state index contributed by atoms with van der Waals surface area (Å²) in [5, 5.41) is 4.63. The third-order valence-corrected chi connectivity index (χ3v) is 4.11. The molecule has 0 atom stereocenters. The van der Waals surface area contributed by atoms with Gasteiger partial charge in [-0.1, -0.05) is 25.3 Å². The first-order valence-electron chi connectivity index (χ1n) is 6.12. The number of nitrogens with one attached hydrogen (secondary N) is 1. The first kappa shape index (κ1) is 12.3. The highest BCUT2D eigenvalue weighted by atomic mass is 32.1. The highest BCUT2D eigenvalue weighted by Gasteiger charge is 2.21. The van der Waals surface area contributed by atoms with Crippen LogP contribution in [0.25, 0.3) is 0 Å². The topological polar surface area (TPSA) is 46.2 Å². The van der Waals surface area contributed by atoms with Gasteiger partial charge in [-0.3, -0.25) is 9.59 Å². The third-order valence-electron chi connectivity index (χ3n) is 3.20. The van der Waals surface area contributed by atoms with E-state index in [-0.39, 0.29) is 24.2 Å². The maximum Gasteiger partial charge on any atom is 0.223 e. The van der Waals surface area contributed by atoms with Crippen LogP contribution in [0.5, 0.6) is 0 Å². The molecular weight excluding hydrogens is 234 g/mol. The number of thiophene rings is 1. The summed E-state index contributed by atoms with van der Waals surface area (Å²) in [6, 6.07) is 3.64. The fourth-order valence-corrected chi connectivity index (χ4v) is 2.87. The zero-order chi connectivity index (χ0) is 12.1. The highest BCUT2D eigenvalue weighted by molar-refractivity contribution is 7.12. The van der Waals surface area contributed by atoms with Crippen molar-refractivity contribution in [3.05, 3.63) is 22.4 Å². The fourth-order valence-electron chi connectivity index (χ4n) is 2.20. The van der Waals surface area contributed by atoms with E-state index in [0.717, 1.165) is 25.7 Å². The van der Waals surface area contributed by atoms with Crippen LogP contribution in [-0.4, -0.2) is 18.2 Å². The van der Waals surface area contributed by atoms with Crippen LogP contribution in [-0.2, 0) is 4.79 Å². The quantitative estimate of drug-likeness (QED) is 0.836. The molecule has 0 bridgehead atoms. The van der Waals surface area contributed by atoms with Gasteiger partial charge >= 0.3 is 0 Å². The average Bonchev–Trinajstić information content (AvgIpc) is 2.90. The SMILES string of the molecule is O=C(CNC(=O)C1CCCCC1)c1cccs1. The first-order valence-corrected chi connectivity index (χ1v) is 7.00. The van der Waals surface area contributed by atoms with Gasteiger partial charge in [-0.25, -0.2) is 0 Å². The lowest BCUT2D eigenvalue weighted by atomic mass is 9.89. The number of rotatable bonds is 4. The second kappa shape index (κ2) is 5.96. The monoisotopic (exact) mass is 251 g/mol. The van der Waals surface area contributed by atoms with Crippen LogP contribution < -0.4 is 5.32 Å². The van der Waals surface area contributed by atoms with Gasteiger partial charge in [0.15, 0.2) is 5.78 Å². The van der Waals surface area contributed by atoms with Gasteiger partial charge < -0.3 is 5.32 Å². The lowest BCUT2D eigenvalue weighted by Crippen LogP contribution is -2.35. The van der Waals surface area contributed by atoms with E-state index in [1.54, 1.807) is 6.07 Å². The number of Topliss-reactive ketones (excluding diaryl/α,β-unsaturated/α-hetero) is 1. The lowest BCUT2D eigenvalue weighted by Gasteiger charge is -2.20. The summed E-state index contributed by atoms with van der Waals surface area (Å²) in [7, 11) is 0. The molecule has 3 nitrogen and oxygen atoms in total. The van der Waals surface area contributed by atoms with Gasteiger partial charge in [-0.2, -0.15) is 0 Å². The van der Waals surface area contributed by atoms with Gasteiger partial charge in [0.05, 0.1) is 11.4 Å². The number of hydrogen-bond donors (Lipinski definition) is 1. The summed E-state index contributed by atoms with van der Waals surface area (Å²) < 4.78 is 0. The molecule has 0 aliphatic heterocycles. The Bertz CT molecular complexity index is 380. The summed E-state index contributed by atoms with van der Waals surface area (Å²) >= 11 is 1.42. The Morgan fingerprint density at radius 1 is 1.29 bits per heavy atom. The Morgan fingerprint density at radius 2 is 2.06 bits per heavy atom. The Labute approximate surface area is 105 Å². The summed E-state index contributed by atoms with van der Waals surface area (Å²) in [5.41, 5.74) is 0. The summed E-state index contributed by atoms with van der Waals surface area (Å²) in [6.07, 6.45) is 5.45. The molecule has 1 aliphatic rings. The second-order valence-corrected chi connectivity index (χ2v) is 5.40. The molecule has 17 heavy (non-hydrogen) atoms. The number of ketones is 1. The molecule has 0 aromatic carbocycles. The van der Waals surface area contributed by atoms with Crippen LogP contribution in [0.3, 0.4) is 0 Å². The maximum atomic E-state index is 11.8. The van der Waals surface area contributed by atoms with Gasteiger partial charge in [0.2, 0.25) is 5.91 Å². The molecule has 1 aliphatic carbocycles. The average molecular weight is 251 g/mol. The Morgan fingerprint density at radius 3 is 2.71 bits per heavy atom. The smallest absolute Gasteiger partial charge is 0.223 e. The molecule has 1 saturated carbocycles. The summed E-state index contributed by atoms with van der Waals surface area (Å²) in [4.78, 5) is 24.2. The van der Waals surface area contributed by atoms with E-state index < -0.39 is 0 Å². The molecule has 92 valence electrons. The van der Waals surface area contributed by atoms with E-state index in [1.807, 2.05) is 11.4 Å². The standard InChI is InChI=1S/C13H17NO2S/c15-11(12-7-4-8-17-12)9-14-13(16)10-5-2-1-3-6-10/h4,7-8,10H,1-3,5-6,9H2,(H,14,16). The van der Waals surface area contributed by atoms with Gasteiger partial charge in [0.1, 0.15) is 0 Å². The van der Waals surface area contributed by atoms with Crippen LogP contribution in [0.2, 0.25) is 0 Å². The second-order valence-electron chi connectivity index (χ2n) is 4.45. The van der Waals surface area contributed by atoms with Crippen LogP contribution in [0.1, 0.15) is 41.8 Å². The minimum Gasteiger partial charge on any atom is -0.348 e. The van der Waals surface area contributed by atoms with E-state index in [1.165, 1.54) is 17.8 Å². The van der Waals surface area contributed by atoms with E-state index in [9.17, 15) is 9.59 Å². The zero-order valence-electron chi connectivity index (χ0n) is 9.78. The van der Waals surface area contributed by atoms with Crippen LogP contribution in [0, 0.1) is 5.92 Å². The molecule has 1 aromatic heterocycles. The highest BCUT2D eigenvalue weighted by Crippen LogP contribution is 2.23. The van der Waals surface area contributed by atoms with Crippen LogP contribution in [0.4, 0.5) is 0 Å². The van der Waals surface area contributed by atoms with Crippen molar-refractivity contribution in [3.8, 4) is 0 Å². The Kier molecular flexibility index (Phi) is 4.31. The molecular formula is C13H17NO2S. The van der Waals surface area contributed by atoms with Crippen molar-refractivity contribution in [2.24, 2.45) is 5.92 Å². The molecule has 0 spiro atoms. The molecule has 0 radical (unpaired) electrons. The van der Waals surface area contributed by atoms with E-state index >= 15 is 0 Å². The number of carbonyl (C=O) groups excluding carboxylic acids is 2. The van der Waals surface area contributed by atoms with E-state index in [4.69, 9.17) is 0 Å². The first-order chi connectivity index (χ1) is 8.27. The molecule has 1 amide bonds. The molecule has 4 heteroatoms. The summed E-state index contributed by atoms with van der Waals surface area (Å²) in [6.45, 7) is 0.135. The van der Waals surface area contributed by atoms with Crippen molar-refractivity contribution < 1.29 is 9.59 Å². The van der Waals surface area contributed by atoms with Crippen molar-refractivity contribution in [2.45, 2.75) is 32.1 Å². The van der Waals surface area contributed by atoms with Crippen molar-refractivity contribution >= 4 is 23.0 Å². The van der Waals surface area contributed by atoms with E-state index in [2.05, 4.69) is 5.32 Å². The predicted molar refractivity (Wildman–Crippen MR) is 68.2 cm³/mol. The van der Waals surface area contributed by atoms with Crippen molar-refractivity contribution in [1.82, 2.24) is 5.32 Å². The van der Waals surface area contributed by atoms with Crippen LogP contribution in [0.15, 0.2) is 17.5 Å². The van der Waals surface area contributed by atoms with Gasteiger partial charge in [-0.15, -0.1) is 11.3 Å². The third kappa shape index (κ3) is 3.40. The minimum absolute atomic E-state index is 0.00385. The number of hydrogen-bond acceptors (Lipinski definition) is 3. The van der Waals surface area contributed by atoms with Gasteiger partial charge in [0.25, 0.3) is 0 Å². The number of carbonyl (C=O) groups is 2. The fraction of sp³-hybridized carbons (Fsp3) is 0.538. The van der Waals surface area contributed by atoms with Gasteiger partial charge in [0, 0.05) is 5.92 Å². The lowest BCUT2D eigenvalue weighted by molar-refractivity contribution is -0.125. The van der Waals surface area contributed by atoms with Crippen molar-refractivity contribution in [3.63, 3.8) is 0 Å². The normalized spacial score (nSPS) is 16.7. The zero-order valence-corrected chi connectivity index (χ0v) is 10.6. The molecule has 2 rings (SSSR count). The van der Waals surface area contributed by atoms with E-state index in [0.29, 0.717) is 4.88 Å². The Balaban J connectivity index is 1.77. The van der Waals surface area contributed by atoms with Crippen LogP contribution >= 0.6 is 11.3 Å². The molecule has 0 saturated heterocycles. The van der Waals surface area contributed by atoms with Crippen molar-refractivity contribution in [1.29, 1.82) is 0 Å². The van der Waals surface area contributed by atoms with Crippen molar-refractivity contribution in [2.75, 3.05) is 6.54 Å². The maximum absolute atomic E-state index is 11.8. The molecule has 1 heterocycles. The summed E-state index contributed by atoms with van der Waals surface area (Å²) in [5.74, 6) is 0.179. The molecule has 1 N–H and O–H groups in total. The predicted octanol–water partition coefficient (Wildman–Crippen LogP) is 2.63. The molecule has 0 unspecified atom stereocenters. The molecule has 1 aromatic rings. The number of amides is 1. The van der Waals surface area contributed by atoms with Gasteiger partial charge in [-0.05, 0) is 24.3 Å². The molecule has 1 fully saturated rings. The minimum atomic E-state index is 0.00385. The Hall–Kier alpha value is -1.16. The largest absolute Gasteiger partial charge is 0.348 e.